The first-order valence-electron chi connectivity index (χ1n) is 16.9. The van der Waals surface area contributed by atoms with Crippen molar-refractivity contribution in [2.75, 3.05) is 0 Å². The van der Waals surface area contributed by atoms with Crippen LogP contribution in [0, 0.1) is 41.5 Å². The summed E-state index contributed by atoms with van der Waals surface area (Å²) in [6.45, 7) is 11.8. The van der Waals surface area contributed by atoms with Crippen molar-refractivity contribution in [2.24, 2.45) is 0 Å². The maximum absolute atomic E-state index is 13.3. The second-order valence-electron chi connectivity index (χ2n) is 12.4. The Hall–Kier alpha value is -4.33. The van der Waals surface area contributed by atoms with E-state index in [-0.39, 0.29) is 0 Å². The Labute approximate surface area is 338 Å². The zero-order valence-electron chi connectivity index (χ0n) is 31.1. The molecule has 6 aromatic carbocycles. The van der Waals surface area contributed by atoms with Gasteiger partial charge >= 0.3 is 48.8 Å². The van der Waals surface area contributed by atoms with Gasteiger partial charge in [-0.25, -0.2) is 0 Å². The summed E-state index contributed by atoms with van der Waals surface area (Å²) in [5.41, 5.74) is 6.45. The molecule has 8 nitrogen and oxygen atoms in total. The molecule has 6 aromatic rings. The zero-order chi connectivity index (χ0) is 39.8. The predicted octanol–water partition coefficient (Wildman–Crippen LogP) is 13.9. The van der Waals surface area contributed by atoms with Gasteiger partial charge in [0.15, 0.2) is 0 Å². The molecule has 55 heavy (non-hydrogen) atoms. The van der Waals surface area contributed by atoms with Gasteiger partial charge in [-0.1, -0.05) is 106 Å². The summed E-state index contributed by atoms with van der Waals surface area (Å²) in [5.74, 6) is 2.49. The van der Waals surface area contributed by atoms with Crippen LogP contribution in [0.4, 0.5) is 0 Å². The Bertz CT molecular complexity index is 1750. The van der Waals surface area contributed by atoms with E-state index in [1.54, 1.807) is 72.8 Å². The first kappa shape index (κ1) is 43.4. The van der Waals surface area contributed by atoms with Crippen LogP contribution in [0.2, 0.25) is 0 Å². The van der Waals surface area contributed by atoms with Gasteiger partial charge in [0.25, 0.3) is 0 Å². The average molecular weight is 867 g/mol. The van der Waals surface area contributed by atoms with Crippen LogP contribution in [-0.4, -0.2) is 0 Å². The van der Waals surface area contributed by atoms with Gasteiger partial charge in [0, 0.05) is 0 Å². The molecule has 0 radical (unpaired) electrons. The Kier molecular flexibility index (Phi) is 16.6. The van der Waals surface area contributed by atoms with E-state index in [2.05, 4.69) is 0 Å². The topological polar surface area (TPSA) is 89.5 Å². The summed E-state index contributed by atoms with van der Waals surface area (Å²) in [6, 6.07) is 43.3. The molecule has 0 fully saturated rings. The van der Waals surface area contributed by atoms with Crippen molar-refractivity contribution in [1.82, 2.24) is 0 Å². The van der Waals surface area contributed by atoms with Gasteiger partial charge in [-0.05, 0) is 114 Å². The Balaban J connectivity index is 0.000000228. The van der Waals surface area contributed by atoms with Crippen LogP contribution in [0.5, 0.6) is 34.5 Å². The fraction of sp³-hybridized carbons (Fsp3) is 0.143. The molecule has 0 atom stereocenters. The maximum atomic E-state index is 13.3. The van der Waals surface area contributed by atoms with Gasteiger partial charge in [-0.2, -0.15) is 9.13 Å². The van der Waals surface area contributed by atoms with E-state index >= 15 is 0 Å². The normalized spacial score (nSPS) is 10.8. The van der Waals surface area contributed by atoms with E-state index in [0.29, 0.717) is 47.4 Å². The third-order valence-electron chi connectivity index (χ3n) is 7.43. The van der Waals surface area contributed by atoms with Crippen molar-refractivity contribution in [1.29, 1.82) is 0 Å². The fourth-order valence-corrected chi connectivity index (χ4v) is 6.98. The van der Waals surface area contributed by atoms with E-state index < -0.39 is 15.6 Å². The van der Waals surface area contributed by atoms with Crippen molar-refractivity contribution in [3.63, 3.8) is 0 Å². The summed E-state index contributed by atoms with van der Waals surface area (Å²) >= 11 is 0.382. The molecule has 0 aliphatic rings. The molecule has 0 amide bonds. The van der Waals surface area contributed by atoms with Gasteiger partial charge in [0.05, 0.1) is 0 Å². The molecule has 0 bridgehead atoms. The van der Waals surface area contributed by atoms with E-state index in [9.17, 15) is 9.13 Å². The first-order valence-corrected chi connectivity index (χ1v) is 22.7. The van der Waals surface area contributed by atoms with Crippen molar-refractivity contribution < 1.29 is 49.2 Å². The molecular formula is C42H42Cl2CoO8P2. The van der Waals surface area contributed by atoms with Crippen LogP contribution < -0.4 is 27.1 Å². The molecule has 291 valence electrons. The Morgan fingerprint density at radius 3 is 0.527 bits per heavy atom. The Morgan fingerprint density at radius 1 is 0.309 bits per heavy atom. The number of rotatable bonds is 12. The first-order chi connectivity index (χ1) is 26.2. The van der Waals surface area contributed by atoms with Crippen molar-refractivity contribution in [3.05, 3.63) is 179 Å². The number of hydrogen-bond donors (Lipinski definition) is 0. The van der Waals surface area contributed by atoms with Crippen LogP contribution >= 0.6 is 35.9 Å². The molecule has 0 saturated heterocycles. The van der Waals surface area contributed by atoms with Gasteiger partial charge in [0.1, 0.15) is 34.5 Å². The van der Waals surface area contributed by atoms with Crippen molar-refractivity contribution in [3.8, 4) is 34.5 Å². The second-order valence-corrected chi connectivity index (χ2v) is 17.0. The predicted molar refractivity (Wildman–Crippen MR) is 218 cm³/mol. The minimum absolute atomic E-state index is 0.382. The number of benzene rings is 6. The quantitative estimate of drug-likeness (QED) is 0.112. The van der Waals surface area contributed by atoms with E-state index in [1.807, 2.05) is 114 Å². The standard InChI is InChI=1S/2C21H21O4P.2ClH.Co/c2*1-16-4-10-19(11-5-16)23-26(22,24-20-12-6-17(2)7-13-20)25-21-14-8-18(3)9-15-21;;;/h2*4-15H,1-3H3;2*1H;/q;;;;+2/p-2. The number of phosphoric ester groups is 2. The molecule has 0 unspecified atom stereocenters. The second kappa shape index (κ2) is 21.1. The summed E-state index contributed by atoms with van der Waals surface area (Å²) in [4.78, 5) is 0. The average Bonchev–Trinajstić information content (AvgIpc) is 3.15. The molecule has 6 rings (SSSR count). The molecule has 0 aromatic heterocycles. The van der Waals surface area contributed by atoms with Gasteiger partial charge in [0.2, 0.25) is 0 Å². The monoisotopic (exact) mass is 865 g/mol. The van der Waals surface area contributed by atoms with Crippen molar-refractivity contribution >= 4 is 35.9 Å². The van der Waals surface area contributed by atoms with Gasteiger partial charge in [-0.3, -0.25) is 0 Å². The van der Waals surface area contributed by atoms with E-state index in [4.69, 9.17) is 47.4 Å². The van der Waals surface area contributed by atoms with E-state index in [1.165, 1.54) is 0 Å². The third kappa shape index (κ3) is 15.4. The number of aryl methyl sites for hydroxylation is 6. The molecule has 0 saturated carbocycles. The molecule has 0 heterocycles. The van der Waals surface area contributed by atoms with E-state index in [0.717, 1.165) is 33.4 Å². The summed E-state index contributed by atoms with van der Waals surface area (Å²) < 4.78 is 60.4. The summed E-state index contributed by atoms with van der Waals surface area (Å²) in [7, 11) is 1.60. The molecule has 0 aliphatic carbocycles. The number of halogens is 2. The summed E-state index contributed by atoms with van der Waals surface area (Å²) in [6.07, 6.45) is 0. The van der Waals surface area contributed by atoms with Gasteiger partial charge < -0.3 is 27.1 Å². The molecular weight excluding hydrogens is 824 g/mol. The number of hydrogen-bond acceptors (Lipinski definition) is 8. The molecule has 0 spiro atoms. The van der Waals surface area contributed by atoms with Crippen LogP contribution in [-0.2, 0) is 22.0 Å². The van der Waals surface area contributed by atoms with Crippen LogP contribution in [0.25, 0.3) is 0 Å². The van der Waals surface area contributed by atoms with Crippen LogP contribution in [0.3, 0.4) is 0 Å². The summed E-state index contributed by atoms with van der Waals surface area (Å²) in [5, 5.41) is 0. The minimum atomic E-state index is -3.93. The zero-order valence-corrected chi connectivity index (χ0v) is 35.4. The fourth-order valence-electron chi connectivity index (χ4n) is 4.48. The number of phosphoric acid groups is 2. The van der Waals surface area contributed by atoms with Crippen LogP contribution in [0.1, 0.15) is 33.4 Å². The third-order valence-corrected chi connectivity index (χ3v) is 10.0. The van der Waals surface area contributed by atoms with Crippen molar-refractivity contribution in [2.45, 2.75) is 41.5 Å². The Morgan fingerprint density at radius 2 is 0.418 bits per heavy atom. The molecule has 0 N–H and O–H groups in total. The van der Waals surface area contributed by atoms with Gasteiger partial charge in [-0.15, -0.1) is 0 Å². The molecule has 13 heteroatoms. The van der Waals surface area contributed by atoms with Crippen LogP contribution in [0.15, 0.2) is 146 Å². The SMILES string of the molecule is Cc1ccc(OP(=O)(Oc2ccc(C)cc2)Oc2ccc(C)cc2)cc1.Cc1ccc(OP(=O)(Oc2ccc(C)cc2)Oc2ccc(C)cc2)cc1.[Cl][Co][Cl]. The molecule has 0 aliphatic heterocycles.